The Balaban J connectivity index is 1.33. The number of para-hydroxylation sites is 2. The number of rotatable bonds is 11. The minimum absolute atomic E-state index is 0.0716. The molecule has 3 atom stereocenters. The second-order valence-electron chi connectivity index (χ2n) is 12.7. The number of sulfonamides is 1. The predicted molar refractivity (Wildman–Crippen MR) is 191 cm³/mol. The van der Waals surface area contributed by atoms with Crippen LogP contribution in [0.2, 0.25) is 0 Å². The Bertz CT molecular complexity index is 1920. The summed E-state index contributed by atoms with van der Waals surface area (Å²) in [5.41, 5.74) is 9.15. The number of fused-ring (bicyclic) bond motifs is 1. The van der Waals surface area contributed by atoms with Gasteiger partial charge in [-0.1, -0.05) is 31.2 Å². The third-order valence-electron chi connectivity index (χ3n) is 8.66. The zero-order chi connectivity index (χ0) is 36.0. The van der Waals surface area contributed by atoms with Crippen molar-refractivity contribution >= 4 is 38.9 Å². The van der Waals surface area contributed by atoms with Crippen LogP contribution < -0.4 is 20.5 Å². The van der Waals surface area contributed by atoms with E-state index in [2.05, 4.69) is 14.9 Å². The van der Waals surface area contributed by atoms with Crippen molar-refractivity contribution in [2.24, 2.45) is 5.92 Å². The number of carbonyl (C=O) groups excluding carboxylic acids is 2. The number of carbonyl (C=O) groups is 2. The van der Waals surface area contributed by atoms with Crippen molar-refractivity contribution in [3.63, 3.8) is 0 Å². The number of anilines is 3. The number of nitrogens with one attached hydrogen (secondary N) is 2. The van der Waals surface area contributed by atoms with Gasteiger partial charge in [-0.05, 0) is 86.3 Å². The Hall–Kier alpha value is -4.98. The van der Waals surface area contributed by atoms with Gasteiger partial charge in [0.15, 0.2) is 0 Å². The van der Waals surface area contributed by atoms with Gasteiger partial charge in [0.2, 0.25) is 5.91 Å². The number of benzene rings is 4. The van der Waals surface area contributed by atoms with E-state index in [1.165, 1.54) is 12.1 Å². The van der Waals surface area contributed by atoms with Gasteiger partial charge in [0.05, 0.1) is 35.3 Å². The number of hydrogen-bond acceptors (Lipinski definition) is 8. The van der Waals surface area contributed by atoms with E-state index < -0.39 is 21.9 Å². The molecule has 0 radical (unpaired) electrons. The maximum Gasteiger partial charge on any atom is 0.261 e. The summed E-state index contributed by atoms with van der Waals surface area (Å²) in [5.74, 6) is -0.747. The van der Waals surface area contributed by atoms with Crippen LogP contribution in [0.3, 0.4) is 0 Å². The molecule has 0 saturated carbocycles. The third kappa shape index (κ3) is 8.97. The SMILES string of the molecule is C[C@H](CO)N1C[C@H](C)[C@@H](CN(C)Cc2ccc(C(=O)Nc3ccccc3N)cc2)Oc2ccc(NS(=O)(=O)c3ccc(F)cc3)cc2CC1=O. The number of ether oxygens (including phenoxy) is 1. The Morgan fingerprint density at radius 2 is 1.78 bits per heavy atom. The second kappa shape index (κ2) is 15.7. The Morgan fingerprint density at radius 3 is 2.46 bits per heavy atom. The first-order valence-corrected chi connectivity index (χ1v) is 17.7. The van der Waals surface area contributed by atoms with Gasteiger partial charge < -0.3 is 25.8 Å². The van der Waals surface area contributed by atoms with E-state index >= 15 is 0 Å². The molecular formula is C37H42FN5O6S. The van der Waals surface area contributed by atoms with Gasteiger partial charge in [-0.2, -0.15) is 0 Å². The predicted octanol–water partition coefficient (Wildman–Crippen LogP) is 4.74. The highest BCUT2D eigenvalue weighted by Gasteiger charge is 2.31. The summed E-state index contributed by atoms with van der Waals surface area (Å²) in [4.78, 5) is 30.0. The van der Waals surface area contributed by atoms with Crippen molar-refractivity contribution < 1.29 is 32.2 Å². The molecule has 50 heavy (non-hydrogen) atoms. The highest BCUT2D eigenvalue weighted by Crippen LogP contribution is 2.30. The maximum absolute atomic E-state index is 13.6. The van der Waals surface area contributed by atoms with Gasteiger partial charge in [-0.3, -0.25) is 19.2 Å². The largest absolute Gasteiger partial charge is 0.488 e. The zero-order valence-electron chi connectivity index (χ0n) is 28.2. The molecule has 0 aromatic heterocycles. The lowest BCUT2D eigenvalue weighted by molar-refractivity contribution is -0.134. The molecule has 1 heterocycles. The summed E-state index contributed by atoms with van der Waals surface area (Å²) in [6, 6.07) is 23.2. The zero-order valence-corrected chi connectivity index (χ0v) is 29.0. The average molecular weight is 704 g/mol. The van der Waals surface area contributed by atoms with Crippen LogP contribution in [0.1, 0.15) is 35.3 Å². The normalized spacial score (nSPS) is 17.2. The molecule has 5 rings (SSSR count). The lowest BCUT2D eigenvalue weighted by atomic mass is 10.0. The van der Waals surface area contributed by atoms with Crippen LogP contribution >= 0.6 is 0 Å². The highest BCUT2D eigenvalue weighted by atomic mass is 32.2. The quantitative estimate of drug-likeness (QED) is 0.164. The summed E-state index contributed by atoms with van der Waals surface area (Å²) in [7, 11) is -2.08. The van der Waals surface area contributed by atoms with Crippen LogP contribution in [0.25, 0.3) is 0 Å². The number of hydrogen-bond donors (Lipinski definition) is 4. The van der Waals surface area contributed by atoms with Gasteiger partial charge in [0.25, 0.3) is 15.9 Å². The van der Waals surface area contributed by atoms with E-state index in [1.54, 1.807) is 66.4 Å². The Kier molecular flexibility index (Phi) is 11.4. The van der Waals surface area contributed by atoms with Crippen molar-refractivity contribution in [1.29, 1.82) is 0 Å². The molecule has 0 fully saturated rings. The first kappa shape index (κ1) is 36.3. The molecule has 0 aliphatic carbocycles. The number of aliphatic hydroxyl groups excluding tert-OH is 1. The van der Waals surface area contributed by atoms with Crippen molar-refractivity contribution in [2.45, 2.75) is 43.9 Å². The standard InChI is InChI=1S/C37H42FN5O6S/c1-24-20-43(25(2)23-44)36(45)19-28-18-30(41-50(47,48)31-15-12-29(38)13-16-31)14-17-34(28)49-35(24)22-42(3)21-26-8-10-27(11-9-26)37(46)40-33-7-5-4-6-32(33)39/h4-18,24-25,35,41,44H,19-23,39H2,1-3H3,(H,40,46)/t24-,25+,35+/m0/s1. The lowest BCUT2D eigenvalue weighted by Crippen LogP contribution is -2.47. The lowest BCUT2D eigenvalue weighted by Gasteiger charge is -2.34. The van der Waals surface area contributed by atoms with Crippen LogP contribution in [0.4, 0.5) is 21.5 Å². The minimum atomic E-state index is -4.03. The maximum atomic E-state index is 13.6. The number of likely N-dealkylation sites (N-methyl/N-ethyl adjacent to an activating group) is 1. The summed E-state index contributed by atoms with van der Waals surface area (Å²) >= 11 is 0. The number of amides is 2. The fourth-order valence-corrected chi connectivity index (χ4v) is 6.84. The summed E-state index contributed by atoms with van der Waals surface area (Å²) < 4.78 is 48.5. The van der Waals surface area contributed by atoms with Gasteiger partial charge in [-0.15, -0.1) is 0 Å². The number of nitrogen functional groups attached to an aromatic ring is 1. The molecule has 13 heteroatoms. The van der Waals surface area contributed by atoms with Gasteiger partial charge in [0, 0.05) is 42.4 Å². The molecule has 0 bridgehead atoms. The van der Waals surface area contributed by atoms with Crippen LogP contribution in [-0.4, -0.2) is 74.0 Å². The van der Waals surface area contributed by atoms with Gasteiger partial charge >= 0.3 is 0 Å². The Labute approximate surface area is 291 Å². The van der Waals surface area contributed by atoms with Crippen LogP contribution in [0, 0.1) is 11.7 Å². The topological polar surface area (TPSA) is 154 Å². The summed E-state index contributed by atoms with van der Waals surface area (Å²) in [5, 5.41) is 12.8. The van der Waals surface area contributed by atoms with E-state index in [9.17, 15) is 27.5 Å². The van der Waals surface area contributed by atoms with Crippen molar-refractivity contribution in [2.75, 3.05) is 42.5 Å². The van der Waals surface area contributed by atoms with Crippen molar-refractivity contribution in [3.8, 4) is 5.75 Å². The molecule has 1 aliphatic rings. The molecule has 2 amide bonds. The first-order chi connectivity index (χ1) is 23.8. The van der Waals surface area contributed by atoms with Gasteiger partial charge in [-0.25, -0.2) is 12.8 Å². The fraction of sp³-hybridized carbons (Fsp3) is 0.297. The molecule has 0 spiro atoms. The molecule has 4 aromatic carbocycles. The van der Waals surface area contributed by atoms with Crippen LogP contribution in [0.15, 0.2) is 95.9 Å². The van der Waals surface area contributed by atoms with Crippen molar-refractivity contribution in [3.05, 3.63) is 114 Å². The van der Waals surface area contributed by atoms with Crippen molar-refractivity contribution in [1.82, 2.24) is 9.80 Å². The number of aliphatic hydroxyl groups is 1. The smallest absolute Gasteiger partial charge is 0.261 e. The Morgan fingerprint density at radius 1 is 1.08 bits per heavy atom. The second-order valence-corrected chi connectivity index (χ2v) is 14.4. The molecular weight excluding hydrogens is 662 g/mol. The van der Waals surface area contributed by atoms with E-state index in [4.69, 9.17) is 10.5 Å². The van der Waals surface area contributed by atoms with Crippen LogP contribution in [-0.2, 0) is 27.8 Å². The minimum Gasteiger partial charge on any atom is -0.488 e. The fourth-order valence-electron chi connectivity index (χ4n) is 5.79. The molecule has 264 valence electrons. The molecule has 11 nitrogen and oxygen atoms in total. The van der Waals surface area contributed by atoms with E-state index in [1.807, 2.05) is 26.1 Å². The molecule has 4 aromatic rings. The third-order valence-corrected chi connectivity index (χ3v) is 10.1. The number of halogens is 1. The average Bonchev–Trinajstić information content (AvgIpc) is 3.12. The highest BCUT2D eigenvalue weighted by molar-refractivity contribution is 7.92. The van der Waals surface area contributed by atoms with Gasteiger partial charge in [0.1, 0.15) is 17.7 Å². The summed E-state index contributed by atoms with van der Waals surface area (Å²) in [6.45, 7) is 4.91. The van der Waals surface area contributed by atoms with E-state index in [0.29, 0.717) is 47.9 Å². The van der Waals surface area contributed by atoms with E-state index in [0.717, 1.165) is 17.7 Å². The molecule has 0 unspecified atom stereocenters. The van der Waals surface area contributed by atoms with Crippen LogP contribution in [0.5, 0.6) is 5.75 Å². The number of nitrogens with two attached hydrogens (primary N) is 1. The molecule has 0 saturated heterocycles. The van der Waals surface area contributed by atoms with E-state index in [-0.39, 0.29) is 47.4 Å². The molecule has 5 N–H and O–H groups in total. The monoisotopic (exact) mass is 703 g/mol. The first-order valence-electron chi connectivity index (χ1n) is 16.2. The summed E-state index contributed by atoms with van der Waals surface area (Å²) in [6.07, 6.45) is -0.459. The number of nitrogens with zero attached hydrogens (tertiary/aromatic N) is 2. The molecule has 1 aliphatic heterocycles.